The maximum atomic E-state index is 12.9. The highest BCUT2D eigenvalue weighted by Crippen LogP contribution is 2.22. The van der Waals surface area contributed by atoms with E-state index in [4.69, 9.17) is 0 Å². The molecule has 2 fully saturated rings. The molecule has 2 aromatic rings. The molecule has 2 saturated heterocycles. The Morgan fingerprint density at radius 3 is 2.17 bits per heavy atom. The van der Waals surface area contributed by atoms with Crippen molar-refractivity contribution in [2.24, 2.45) is 5.92 Å². The molecule has 0 spiro atoms. The van der Waals surface area contributed by atoms with Crippen LogP contribution in [0.2, 0.25) is 0 Å². The van der Waals surface area contributed by atoms with Gasteiger partial charge in [0.05, 0.1) is 0 Å². The van der Waals surface area contributed by atoms with Crippen LogP contribution in [-0.2, 0) is 4.79 Å². The maximum absolute atomic E-state index is 12.9. The number of urea groups is 1. The van der Waals surface area contributed by atoms with Crippen LogP contribution in [0.4, 0.5) is 16.3 Å². The van der Waals surface area contributed by atoms with E-state index in [2.05, 4.69) is 15.2 Å². The fourth-order valence-corrected chi connectivity index (χ4v) is 4.01. The number of carbonyl (C=O) groups excluding carboxylic acids is 2. The molecule has 0 radical (unpaired) electrons. The summed E-state index contributed by atoms with van der Waals surface area (Å²) in [5.41, 5.74) is 0.793. The van der Waals surface area contributed by atoms with E-state index in [9.17, 15) is 9.59 Å². The normalized spacial score (nSPS) is 17.9. The molecule has 0 atom stereocenters. The van der Waals surface area contributed by atoms with Gasteiger partial charge in [-0.25, -0.2) is 9.78 Å². The zero-order valence-electron chi connectivity index (χ0n) is 16.5. The van der Waals surface area contributed by atoms with Crippen molar-refractivity contribution in [3.63, 3.8) is 0 Å². The molecule has 7 heteroatoms. The molecule has 0 aliphatic carbocycles. The number of carbonyl (C=O) groups is 2. The summed E-state index contributed by atoms with van der Waals surface area (Å²) in [5.74, 6) is 1.21. The highest BCUT2D eigenvalue weighted by atomic mass is 16.2. The van der Waals surface area contributed by atoms with Gasteiger partial charge < -0.3 is 20.0 Å². The van der Waals surface area contributed by atoms with Gasteiger partial charge in [0.2, 0.25) is 5.91 Å². The number of aromatic nitrogens is 1. The van der Waals surface area contributed by atoms with Gasteiger partial charge in [-0.3, -0.25) is 4.79 Å². The summed E-state index contributed by atoms with van der Waals surface area (Å²) >= 11 is 0. The van der Waals surface area contributed by atoms with Crippen molar-refractivity contribution in [3.05, 3.63) is 54.7 Å². The van der Waals surface area contributed by atoms with Crippen LogP contribution in [0, 0.1) is 5.92 Å². The Balaban J connectivity index is 1.24. The first-order valence-corrected chi connectivity index (χ1v) is 10.3. The number of hydrogen-bond acceptors (Lipinski definition) is 4. The standard InChI is InChI=1S/C22H27N5O2/c28-21(26-16-14-25(15-17-26)20-8-4-5-11-23-20)18-9-12-27(13-10-18)22(29)24-19-6-2-1-3-7-19/h1-8,11,18H,9-10,12-17H2,(H,24,29). The Labute approximate surface area is 171 Å². The number of nitrogens with one attached hydrogen (secondary N) is 1. The summed E-state index contributed by atoms with van der Waals surface area (Å²) in [7, 11) is 0. The van der Waals surface area contributed by atoms with E-state index in [0.29, 0.717) is 13.1 Å². The number of nitrogens with zero attached hydrogens (tertiary/aromatic N) is 4. The fraction of sp³-hybridized carbons (Fsp3) is 0.409. The van der Waals surface area contributed by atoms with Gasteiger partial charge >= 0.3 is 6.03 Å². The van der Waals surface area contributed by atoms with Gasteiger partial charge in [0.15, 0.2) is 0 Å². The van der Waals surface area contributed by atoms with Crippen LogP contribution in [-0.4, -0.2) is 66.0 Å². The quantitative estimate of drug-likeness (QED) is 0.871. The molecular formula is C22H27N5O2. The molecule has 0 saturated carbocycles. The smallest absolute Gasteiger partial charge is 0.321 e. The molecule has 1 aromatic heterocycles. The molecule has 1 N–H and O–H groups in total. The number of amides is 3. The van der Waals surface area contributed by atoms with E-state index in [1.807, 2.05) is 53.4 Å². The Kier molecular flexibility index (Phi) is 5.93. The van der Waals surface area contributed by atoms with Crippen LogP contribution in [0.5, 0.6) is 0 Å². The van der Waals surface area contributed by atoms with Gasteiger partial charge in [-0.05, 0) is 37.1 Å². The van der Waals surface area contributed by atoms with Crippen molar-refractivity contribution in [2.75, 3.05) is 49.5 Å². The predicted molar refractivity (Wildman–Crippen MR) is 113 cm³/mol. The summed E-state index contributed by atoms with van der Waals surface area (Å²) < 4.78 is 0. The lowest BCUT2D eigenvalue weighted by Crippen LogP contribution is -2.52. The van der Waals surface area contributed by atoms with Crippen LogP contribution < -0.4 is 10.2 Å². The van der Waals surface area contributed by atoms with Crippen molar-refractivity contribution in [2.45, 2.75) is 12.8 Å². The maximum Gasteiger partial charge on any atom is 0.321 e. The molecule has 0 unspecified atom stereocenters. The van der Waals surface area contributed by atoms with Crippen LogP contribution in [0.25, 0.3) is 0 Å². The van der Waals surface area contributed by atoms with Gasteiger partial charge in [-0.1, -0.05) is 24.3 Å². The topological polar surface area (TPSA) is 68.8 Å². The molecule has 7 nitrogen and oxygen atoms in total. The molecule has 0 bridgehead atoms. The third kappa shape index (κ3) is 4.67. The first kappa shape index (κ1) is 19.2. The number of benzene rings is 1. The summed E-state index contributed by atoms with van der Waals surface area (Å²) in [6.45, 7) is 4.29. The highest BCUT2D eigenvalue weighted by molar-refractivity contribution is 5.89. The zero-order valence-corrected chi connectivity index (χ0v) is 16.5. The van der Waals surface area contributed by atoms with Crippen LogP contribution >= 0.6 is 0 Å². The van der Waals surface area contributed by atoms with E-state index >= 15 is 0 Å². The molecule has 152 valence electrons. The minimum Gasteiger partial charge on any atom is -0.353 e. The number of rotatable bonds is 3. The molecule has 3 amide bonds. The summed E-state index contributed by atoms with van der Waals surface area (Å²) in [6, 6.07) is 15.3. The van der Waals surface area contributed by atoms with Crippen molar-refractivity contribution in [1.29, 1.82) is 0 Å². The average Bonchev–Trinajstić information content (AvgIpc) is 2.80. The molecule has 1 aromatic carbocycles. The number of piperazine rings is 1. The number of anilines is 2. The summed E-state index contributed by atoms with van der Waals surface area (Å²) in [6.07, 6.45) is 3.25. The van der Waals surface area contributed by atoms with Gasteiger partial charge in [-0.15, -0.1) is 0 Å². The van der Waals surface area contributed by atoms with Gasteiger partial charge in [0.1, 0.15) is 5.82 Å². The summed E-state index contributed by atoms with van der Waals surface area (Å²) in [4.78, 5) is 35.8. The van der Waals surface area contributed by atoms with Gasteiger partial charge in [-0.2, -0.15) is 0 Å². The SMILES string of the molecule is O=C(Nc1ccccc1)N1CCC(C(=O)N2CCN(c3ccccn3)CC2)CC1. The molecule has 2 aliphatic rings. The van der Waals surface area contributed by atoms with E-state index in [-0.39, 0.29) is 17.9 Å². The van der Waals surface area contributed by atoms with E-state index in [0.717, 1.165) is 50.5 Å². The lowest BCUT2D eigenvalue weighted by molar-refractivity contribution is -0.137. The molecule has 3 heterocycles. The highest BCUT2D eigenvalue weighted by Gasteiger charge is 2.31. The van der Waals surface area contributed by atoms with Crippen molar-refractivity contribution >= 4 is 23.4 Å². The predicted octanol–water partition coefficient (Wildman–Crippen LogP) is 2.67. The number of para-hydroxylation sites is 1. The lowest BCUT2D eigenvalue weighted by Gasteiger charge is -2.39. The number of hydrogen-bond donors (Lipinski definition) is 1. The monoisotopic (exact) mass is 393 g/mol. The molecule has 29 heavy (non-hydrogen) atoms. The largest absolute Gasteiger partial charge is 0.353 e. The molecular weight excluding hydrogens is 366 g/mol. The lowest BCUT2D eigenvalue weighted by atomic mass is 9.95. The second kappa shape index (κ2) is 8.94. The Morgan fingerprint density at radius 1 is 0.828 bits per heavy atom. The first-order valence-electron chi connectivity index (χ1n) is 10.3. The van der Waals surface area contributed by atoms with Gasteiger partial charge in [0, 0.05) is 57.1 Å². The number of piperidine rings is 1. The Hall–Kier alpha value is -3.09. The first-order chi connectivity index (χ1) is 14.2. The van der Waals surface area contributed by atoms with E-state index in [1.54, 1.807) is 11.1 Å². The average molecular weight is 393 g/mol. The third-order valence-electron chi connectivity index (χ3n) is 5.72. The van der Waals surface area contributed by atoms with Crippen LogP contribution in [0.1, 0.15) is 12.8 Å². The van der Waals surface area contributed by atoms with E-state index < -0.39 is 0 Å². The zero-order chi connectivity index (χ0) is 20.1. The van der Waals surface area contributed by atoms with Crippen molar-refractivity contribution < 1.29 is 9.59 Å². The second-order valence-electron chi connectivity index (χ2n) is 7.56. The Bertz CT molecular complexity index is 814. The minimum absolute atomic E-state index is 0.0113. The minimum atomic E-state index is -0.0916. The van der Waals surface area contributed by atoms with E-state index in [1.165, 1.54) is 0 Å². The van der Waals surface area contributed by atoms with Crippen molar-refractivity contribution in [1.82, 2.24) is 14.8 Å². The Morgan fingerprint density at radius 2 is 1.52 bits per heavy atom. The molecule has 4 rings (SSSR count). The number of likely N-dealkylation sites (tertiary alicyclic amines) is 1. The van der Waals surface area contributed by atoms with Crippen LogP contribution in [0.15, 0.2) is 54.7 Å². The third-order valence-corrected chi connectivity index (χ3v) is 5.72. The van der Waals surface area contributed by atoms with Crippen molar-refractivity contribution in [3.8, 4) is 0 Å². The fourth-order valence-electron chi connectivity index (χ4n) is 4.01. The van der Waals surface area contributed by atoms with Crippen LogP contribution in [0.3, 0.4) is 0 Å². The second-order valence-corrected chi connectivity index (χ2v) is 7.56. The molecule has 2 aliphatic heterocycles. The van der Waals surface area contributed by atoms with Gasteiger partial charge in [0.25, 0.3) is 0 Å². The number of pyridine rings is 1. The summed E-state index contributed by atoms with van der Waals surface area (Å²) in [5, 5.41) is 2.92.